The van der Waals surface area contributed by atoms with E-state index in [1.165, 1.54) is 18.2 Å². The van der Waals surface area contributed by atoms with Crippen LogP contribution in [0.3, 0.4) is 0 Å². The first-order valence-electron chi connectivity index (χ1n) is 7.20. The summed E-state index contributed by atoms with van der Waals surface area (Å²) in [4.78, 5) is 4.26. The molecule has 6 heteroatoms. The zero-order chi connectivity index (χ0) is 17.3. The third kappa shape index (κ3) is 3.32. The Labute approximate surface area is 135 Å². The van der Waals surface area contributed by atoms with Crippen LogP contribution in [-0.2, 0) is 0 Å². The average molecular weight is 335 g/mol. The van der Waals surface area contributed by atoms with Gasteiger partial charge in [-0.15, -0.1) is 0 Å². The van der Waals surface area contributed by atoms with Gasteiger partial charge in [-0.2, -0.15) is 13.2 Å². The minimum absolute atomic E-state index is 0.160. The molecule has 2 nitrogen and oxygen atoms in total. The van der Waals surface area contributed by atoms with Crippen LogP contribution >= 0.6 is 0 Å². The summed E-state index contributed by atoms with van der Waals surface area (Å²) < 4.78 is 56.0. The van der Waals surface area contributed by atoms with Crippen molar-refractivity contribution in [2.45, 2.75) is 13.1 Å². The number of fused-ring (bicyclic) bond motifs is 1. The molecule has 0 unspecified atom stereocenters. The van der Waals surface area contributed by atoms with Gasteiger partial charge in [-0.05, 0) is 36.1 Å². The average Bonchev–Trinajstić information content (AvgIpc) is 2.54. The van der Waals surface area contributed by atoms with E-state index in [9.17, 15) is 17.6 Å². The van der Waals surface area contributed by atoms with E-state index in [0.717, 1.165) is 5.56 Å². The summed E-state index contributed by atoms with van der Waals surface area (Å²) in [6, 6.07) is 12.8. The Hall–Kier alpha value is -2.63. The molecule has 1 aromatic heterocycles. The van der Waals surface area contributed by atoms with Crippen LogP contribution in [-0.4, -0.2) is 17.8 Å². The van der Waals surface area contributed by atoms with Crippen LogP contribution in [0.1, 0.15) is 5.56 Å². The summed E-state index contributed by atoms with van der Waals surface area (Å²) in [7, 11) is 0. The Morgan fingerprint density at radius 3 is 2.38 bits per heavy atom. The van der Waals surface area contributed by atoms with Gasteiger partial charge in [0.25, 0.3) is 0 Å². The Morgan fingerprint density at radius 2 is 1.71 bits per heavy atom. The molecule has 3 rings (SSSR count). The number of alkyl halides is 3. The summed E-state index contributed by atoms with van der Waals surface area (Å²) in [5.41, 5.74) is 1.86. The van der Waals surface area contributed by atoms with Gasteiger partial charge in [-0.3, -0.25) is 0 Å². The largest absolute Gasteiger partial charge is 0.468 e. The van der Waals surface area contributed by atoms with Gasteiger partial charge in [0.1, 0.15) is 5.82 Å². The molecule has 0 bridgehead atoms. The van der Waals surface area contributed by atoms with Crippen molar-refractivity contribution < 1.29 is 22.3 Å². The van der Waals surface area contributed by atoms with Crippen molar-refractivity contribution >= 4 is 10.8 Å². The van der Waals surface area contributed by atoms with Crippen LogP contribution < -0.4 is 4.74 Å². The molecule has 0 saturated carbocycles. The standard InChI is InChI=1S/C18H13F4NO/c1-11-15-9-13(19)7-8-14(15)17(24-10-18(20,21)22)23-16(11)12-5-3-2-4-6-12/h2-9H,10H2,1H3. The summed E-state index contributed by atoms with van der Waals surface area (Å²) in [5, 5.41) is 0.818. The zero-order valence-electron chi connectivity index (χ0n) is 12.7. The zero-order valence-corrected chi connectivity index (χ0v) is 12.7. The lowest BCUT2D eigenvalue weighted by Crippen LogP contribution is -2.20. The maximum Gasteiger partial charge on any atom is 0.422 e. The van der Waals surface area contributed by atoms with Gasteiger partial charge in [-0.1, -0.05) is 30.3 Å². The van der Waals surface area contributed by atoms with E-state index in [1.807, 2.05) is 6.07 Å². The maximum atomic E-state index is 13.6. The number of aryl methyl sites for hydroxylation is 1. The van der Waals surface area contributed by atoms with Crippen LogP contribution in [0.15, 0.2) is 48.5 Å². The number of halogens is 4. The Bertz CT molecular complexity index is 876. The van der Waals surface area contributed by atoms with Crippen molar-refractivity contribution in [1.82, 2.24) is 4.98 Å². The fraction of sp³-hybridized carbons (Fsp3) is 0.167. The number of aromatic nitrogens is 1. The Kier molecular flexibility index (Phi) is 4.13. The first-order chi connectivity index (χ1) is 11.3. The summed E-state index contributed by atoms with van der Waals surface area (Å²) in [6.45, 7) is 0.300. The van der Waals surface area contributed by atoms with E-state index in [2.05, 4.69) is 4.98 Å². The van der Waals surface area contributed by atoms with Gasteiger partial charge in [0.05, 0.1) is 5.69 Å². The molecule has 0 atom stereocenters. The molecule has 0 saturated heterocycles. The highest BCUT2D eigenvalue weighted by Gasteiger charge is 2.29. The molecule has 2 aromatic carbocycles. The monoisotopic (exact) mass is 335 g/mol. The van der Waals surface area contributed by atoms with Crippen molar-refractivity contribution in [1.29, 1.82) is 0 Å². The lowest BCUT2D eigenvalue weighted by atomic mass is 10.0. The van der Waals surface area contributed by atoms with Crippen LogP contribution in [0.2, 0.25) is 0 Å². The van der Waals surface area contributed by atoms with Crippen molar-refractivity contribution in [3.05, 3.63) is 59.9 Å². The summed E-state index contributed by atoms with van der Waals surface area (Å²) in [5.74, 6) is -0.635. The second kappa shape index (κ2) is 6.11. The lowest BCUT2D eigenvalue weighted by Gasteiger charge is -2.15. The number of benzene rings is 2. The third-order valence-electron chi connectivity index (χ3n) is 3.60. The van der Waals surface area contributed by atoms with E-state index in [0.29, 0.717) is 22.0 Å². The second-order valence-corrected chi connectivity index (χ2v) is 5.35. The first kappa shape index (κ1) is 16.2. The van der Waals surface area contributed by atoms with Gasteiger partial charge >= 0.3 is 6.18 Å². The minimum Gasteiger partial charge on any atom is -0.468 e. The molecule has 3 aromatic rings. The molecule has 0 aliphatic rings. The highest BCUT2D eigenvalue weighted by molar-refractivity contribution is 5.93. The predicted molar refractivity (Wildman–Crippen MR) is 83.4 cm³/mol. The normalized spacial score (nSPS) is 11.7. The molecule has 0 fully saturated rings. The molecule has 0 N–H and O–H groups in total. The van der Waals surface area contributed by atoms with E-state index in [-0.39, 0.29) is 5.88 Å². The fourth-order valence-corrected chi connectivity index (χ4v) is 2.52. The molecule has 0 radical (unpaired) electrons. The summed E-state index contributed by atoms with van der Waals surface area (Å²) in [6.07, 6.45) is -4.48. The number of hydrogen-bond acceptors (Lipinski definition) is 2. The number of rotatable bonds is 3. The SMILES string of the molecule is Cc1c(-c2ccccc2)nc(OCC(F)(F)F)c2ccc(F)cc12. The van der Waals surface area contributed by atoms with Crippen LogP contribution in [0, 0.1) is 12.7 Å². The molecular formula is C18H13F4NO. The van der Waals surface area contributed by atoms with Crippen molar-refractivity contribution in [3.8, 4) is 17.1 Å². The van der Waals surface area contributed by atoms with Gasteiger partial charge in [-0.25, -0.2) is 9.37 Å². The number of ether oxygens (including phenoxy) is 1. The van der Waals surface area contributed by atoms with Crippen LogP contribution in [0.4, 0.5) is 17.6 Å². The molecule has 0 amide bonds. The van der Waals surface area contributed by atoms with Crippen molar-refractivity contribution in [2.24, 2.45) is 0 Å². The quantitative estimate of drug-likeness (QED) is 0.607. The van der Waals surface area contributed by atoms with Gasteiger partial charge in [0.2, 0.25) is 5.88 Å². The maximum absolute atomic E-state index is 13.6. The van der Waals surface area contributed by atoms with E-state index < -0.39 is 18.6 Å². The molecular weight excluding hydrogens is 322 g/mol. The van der Waals surface area contributed by atoms with Gasteiger partial charge < -0.3 is 4.74 Å². The number of pyridine rings is 1. The lowest BCUT2D eigenvalue weighted by molar-refractivity contribution is -0.153. The van der Waals surface area contributed by atoms with E-state index in [4.69, 9.17) is 4.74 Å². The minimum atomic E-state index is -4.48. The number of hydrogen-bond donors (Lipinski definition) is 0. The molecule has 24 heavy (non-hydrogen) atoms. The molecule has 1 heterocycles. The van der Waals surface area contributed by atoms with Crippen LogP contribution in [0.5, 0.6) is 5.88 Å². The molecule has 0 spiro atoms. The number of nitrogens with zero attached hydrogens (tertiary/aromatic N) is 1. The van der Waals surface area contributed by atoms with Crippen molar-refractivity contribution in [2.75, 3.05) is 6.61 Å². The van der Waals surface area contributed by atoms with Crippen molar-refractivity contribution in [3.63, 3.8) is 0 Å². The first-order valence-corrected chi connectivity index (χ1v) is 7.20. The van der Waals surface area contributed by atoms with Gasteiger partial charge in [0, 0.05) is 10.9 Å². The van der Waals surface area contributed by atoms with Gasteiger partial charge in [0.15, 0.2) is 6.61 Å². The third-order valence-corrected chi connectivity index (χ3v) is 3.60. The summed E-state index contributed by atoms with van der Waals surface area (Å²) >= 11 is 0. The second-order valence-electron chi connectivity index (χ2n) is 5.35. The highest BCUT2D eigenvalue weighted by Crippen LogP contribution is 2.34. The van der Waals surface area contributed by atoms with Crippen LogP contribution in [0.25, 0.3) is 22.0 Å². The Balaban J connectivity index is 2.20. The topological polar surface area (TPSA) is 22.1 Å². The molecule has 0 aliphatic carbocycles. The Morgan fingerprint density at radius 1 is 1.00 bits per heavy atom. The van der Waals surface area contributed by atoms with E-state index in [1.54, 1.807) is 31.2 Å². The predicted octanol–water partition coefficient (Wildman–Crippen LogP) is 5.29. The highest BCUT2D eigenvalue weighted by atomic mass is 19.4. The molecule has 0 aliphatic heterocycles. The smallest absolute Gasteiger partial charge is 0.422 e. The van der Waals surface area contributed by atoms with E-state index >= 15 is 0 Å². The fourth-order valence-electron chi connectivity index (χ4n) is 2.52. The molecule has 124 valence electrons.